The predicted octanol–water partition coefficient (Wildman–Crippen LogP) is 5.28. The number of benzene rings is 2. The summed E-state index contributed by atoms with van der Waals surface area (Å²) in [7, 11) is 1.48. The third-order valence-corrected chi connectivity index (χ3v) is 7.62. The zero-order valence-corrected chi connectivity index (χ0v) is 23.0. The molecule has 0 fully saturated rings. The van der Waals surface area contributed by atoms with Crippen molar-refractivity contribution in [2.45, 2.75) is 45.4 Å². The lowest BCUT2D eigenvalue weighted by Gasteiger charge is -2.36. The second-order valence-corrected chi connectivity index (χ2v) is 10.7. The molecular weight excluding hydrogens is 502 g/mol. The number of rotatable bonds is 9. The Kier molecular flexibility index (Phi) is 8.94. The van der Waals surface area contributed by atoms with Crippen molar-refractivity contribution in [3.05, 3.63) is 82.2 Å². The summed E-state index contributed by atoms with van der Waals surface area (Å²) in [6, 6.07) is 15.1. The van der Waals surface area contributed by atoms with E-state index < -0.39 is 17.9 Å². The number of methoxy groups -OCH3 is 1. The predicted molar refractivity (Wildman–Crippen MR) is 147 cm³/mol. The summed E-state index contributed by atoms with van der Waals surface area (Å²) in [5.41, 5.74) is 4.25. The largest absolute Gasteiger partial charge is 0.493 e. The molecule has 2 aromatic carbocycles. The van der Waals surface area contributed by atoms with E-state index in [-0.39, 0.29) is 24.1 Å². The molecule has 0 spiro atoms. The summed E-state index contributed by atoms with van der Waals surface area (Å²) in [5.74, 6) is 0.715. The highest BCUT2D eigenvalue weighted by atomic mass is 32.2. The highest BCUT2D eigenvalue weighted by Gasteiger charge is 2.41. The molecule has 0 amide bonds. The number of ketones is 1. The molecule has 4 rings (SSSR count). The molecule has 8 heteroatoms. The average molecular weight is 536 g/mol. The van der Waals surface area contributed by atoms with Gasteiger partial charge in [-0.15, -0.1) is 0 Å². The van der Waals surface area contributed by atoms with E-state index in [1.807, 2.05) is 37.3 Å². The minimum absolute atomic E-state index is 0.0139. The molecule has 200 valence electrons. The van der Waals surface area contributed by atoms with Crippen LogP contribution in [-0.4, -0.2) is 42.9 Å². The first-order chi connectivity index (χ1) is 18.3. The molecule has 1 aliphatic heterocycles. The van der Waals surface area contributed by atoms with Crippen molar-refractivity contribution in [2.75, 3.05) is 25.2 Å². The van der Waals surface area contributed by atoms with Crippen molar-refractivity contribution in [1.82, 2.24) is 5.32 Å². The Balaban J connectivity index is 1.77. The van der Waals surface area contributed by atoms with E-state index >= 15 is 0 Å². The van der Waals surface area contributed by atoms with E-state index in [0.29, 0.717) is 46.8 Å². The zero-order valence-electron chi connectivity index (χ0n) is 22.2. The van der Waals surface area contributed by atoms with Crippen LogP contribution in [0.2, 0.25) is 0 Å². The fourth-order valence-corrected chi connectivity index (χ4v) is 5.61. The van der Waals surface area contributed by atoms with Gasteiger partial charge in [0, 0.05) is 42.0 Å². The fourth-order valence-electron chi connectivity index (χ4n) is 5.12. The van der Waals surface area contributed by atoms with E-state index in [9.17, 15) is 14.4 Å². The maximum Gasteiger partial charge on any atom is 0.336 e. The van der Waals surface area contributed by atoms with Crippen LogP contribution >= 0.6 is 11.8 Å². The highest BCUT2D eigenvalue weighted by molar-refractivity contribution is 7.99. The molecule has 0 saturated heterocycles. The van der Waals surface area contributed by atoms with Gasteiger partial charge in [-0.2, -0.15) is 11.8 Å². The van der Waals surface area contributed by atoms with E-state index in [0.717, 1.165) is 17.0 Å². The van der Waals surface area contributed by atoms with Gasteiger partial charge in [-0.1, -0.05) is 43.3 Å². The molecule has 0 saturated carbocycles. The Morgan fingerprint density at radius 3 is 2.50 bits per heavy atom. The minimum Gasteiger partial charge on any atom is -0.493 e. The van der Waals surface area contributed by atoms with Gasteiger partial charge in [0.1, 0.15) is 6.61 Å². The molecule has 2 atom stereocenters. The molecule has 0 bridgehead atoms. The number of ether oxygens (including phenoxy) is 3. The van der Waals surface area contributed by atoms with Crippen molar-refractivity contribution in [1.29, 1.82) is 0 Å². The van der Waals surface area contributed by atoms with Gasteiger partial charge >= 0.3 is 11.9 Å². The minimum atomic E-state index is -0.637. The van der Waals surface area contributed by atoms with Gasteiger partial charge in [0.2, 0.25) is 0 Å². The summed E-state index contributed by atoms with van der Waals surface area (Å²) in [6.45, 7) is 5.50. The Morgan fingerprint density at radius 2 is 1.82 bits per heavy atom. The lowest BCUT2D eigenvalue weighted by atomic mass is 9.71. The van der Waals surface area contributed by atoms with E-state index in [4.69, 9.17) is 14.2 Å². The Labute approximate surface area is 227 Å². The van der Waals surface area contributed by atoms with Crippen LogP contribution < -0.4 is 14.8 Å². The normalized spacial score (nSPS) is 19.0. The van der Waals surface area contributed by atoms with Crippen LogP contribution in [0.15, 0.2) is 71.1 Å². The van der Waals surface area contributed by atoms with Gasteiger partial charge in [0.25, 0.3) is 0 Å². The van der Waals surface area contributed by atoms with Crippen LogP contribution in [0.4, 0.5) is 0 Å². The molecule has 1 aliphatic carbocycles. The number of carbonyl (C=O) groups excluding carboxylic acids is 3. The number of allylic oxidation sites excluding steroid dienone is 3. The van der Waals surface area contributed by atoms with Crippen LogP contribution in [0.5, 0.6) is 11.5 Å². The maximum absolute atomic E-state index is 13.8. The summed E-state index contributed by atoms with van der Waals surface area (Å²) in [4.78, 5) is 38.8. The van der Waals surface area contributed by atoms with Crippen molar-refractivity contribution in [3.63, 3.8) is 0 Å². The molecule has 2 aromatic rings. The number of dihydropyridines is 1. The van der Waals surface area contributed by atoms with Crippen LogP contribution in [-0.2, 0) is 19.1 Å². The summed E-state index contributed by atoms with van der Waals surface area (Å²) >= 11 is 1.69. The van der Waals surface area contributed by atoms with Crippen LogP contribution in [0.3, 0.4) is 0 Å². The number of esters is 2. The first kappa shape index (κ1) is 27.5. The molecule has 1 N–H and O–H groups in total. The Morgan fingerprint density at radius 1 is 1.05 bits per heavy atom. The van der Waals surface area contributed by atoms with E-state index in [1.165, 1.54) is 14.0 Å². The molecular formula is C30H33NO6S. The van der Waals surface area contributed by atoms with Crippen molar-refractivity contribution in [3.8, 4) is 11.5 Å². The highest BCUT2D eigenvalue weighted by Crippen LogP contribution is 2.47. The molecule has 0 aromatic heterocycles. The van der Waals surface area contributed by atoms with E-state index in [2.05, 4.69) is 12.2 Å². The number of hydrogen-bond donors (Lipinski definition) is 1. The molecule has 1 heterocycles. The Hall–Kier alpha value is -3.52. The van der Waals surface area contributed by atoms with Crippen LogP contribution in [0, 0.1) is 0 Å². The van der Waals surface area contributed by atoms with Crippen molar-refractivity contribution >= 4 is 29.5 Å². The SMILES string of the molecule is CCSCCOC(=O)C1=C(C)NC2=C(C(=O)C[C@H](c3ccccc3)C2)[C@H]1c1ccc(OC(C)=O)c(OC)c1. The molecule has 0 unspecified atom stereocenters. The number of carbonyl (C=O) groups is 3. The van der Waals surface area contributed by atoms with Gasteiger partial charge in [-0.3, -0.25) is 9.59 Å². The summed E-state index contributed by atoms with van der Waals surface area (Å²) in [5, 5.41) is 3.38. The van der Waals surface area contributed by atoms with Crippen LogP contribution in [0.25, 0.3) is 0 Å². The second kappa shape index (κ2) is 12.3. The van der Waals surface area contributed by atoms with Gasteiger partial charge in [0.15, 0.2) is 17.3 Å². The maximum atomic E-state index is 13.8. The molecule has 7 nitrogen and oxygen atoms in total. The average Bonchev–Trinajstić information content (AvgIpc) is 2.90. The lowest BCUT2D eigenvalue weighted by molar-refractivity contribution is -0.138. The number of nitrogens with one attached hydrogen (secondary N) is 1. The van der Waals surface area contributed by atoms with Crippen LogP contribution in [0.1, 0.15) is 56.6 Å². The lowest BCUT2D eigenvalue weighted by Crippen LogP contribution is -2.36. The Bertz CT molecular complexity index is 1280. The summed E-state index contributed by atoms with van der Waals surface area (Å²) < 4.78 is 16.4. The standard InChI is InChI=1S/C30H33NO6S/c1-5-38-14-13-36-30(34)27-18(2)31-23-15-22(20-9-7-6-8-10-20)16-24(33)29(23)28(27)21-11-12-25(37-19(3)32)26(17-21)35-4/h6-12,17,22,28,31H,5,13-16H2,1-4H3/t22-,28+/m1/s1. The summed E-state index contributed by atoms with van der Waals surface area (Å²) in [6.07, 6.45) is 0.995. The number of thioether (sulfide) groups is 1. The molecule has 2 aliphatic rings. The first-order valence-corrected chi connectivity index (χ1v) is 13.9. The van der Waals surface area contributed by atoms with E-state index in [1.54, 1.807) is 30.0 Å². The fraction of sp³-hybridized carbons (Fsp3) is 0.367. The third kappa shape index (κ3) is 5.96. The third-order valence-electron chi connectivity index (χ3n) is 6.76. The molecule has 38 heavy (non-hydrogen) atoms. The van der Waals surface area contributed by atoms with Crippen molar-refractivity contribution < 1.29 is 28.6 Å². The first-order valence-electron chi connectivity index (χ1n) is 12.7. The van der Waals surface area contributed by atoms with Gasteiger partial charge in [-0.25, -0.2) is 4.79 Å². The smallest absolute Gasteiger partial charge is 0.336 e. The zero-order chi connectivity index (χ0) is 27.2. The number of hydrogen-bond acceptors (Lipinski definition) is 8. The van der Waals surface area contributed by atoms with Gasteiger partial charge < -0.3 is 19.5 Å². The van der Waals surface area contributed by atoms with Crippen molar-refractivity contribution in [2.24, 2.45) is 0 Å². The van der Waals surface area contributed by atoms with Gasteiger partial charge in [-0.05, 0) is 48.3 Å². The quantitative estimate of drug-likeness (QED) is 0.264. The van der Waals surface area contributed by atoms with Gasteiger partial charge in [0.05, 0.1) is 12.7 Å². The monoisotopic (exact) mass is 535 g/mol. The number of Topliss-reactive ketones (excluding diaryl/α,β-unsaturated/α-hetero) is 1. The molecule has 0 radical (unpaired) electrons. The second-order valence-electron chi connectivity index (χ2n) is 9.26. The topological polar surface area (TPSA) is 90.9 Å².